The maximum atomic E-state index is 13.0. The van der Waals surface area contributed by atoms with E-state index in [-0.39, 0.29) is 22.8 Å². The van der Waals surface area contributed by atoms with Gasteiger partial charge in [0.25, 0.3) is 5.91 Å². The molecule has 1 N–H and O–H groups in total. The molecule has 0 fully saturated rings. The standard InChI is InChI=1S/C17H15NO6S/c1-25(22,23)15-9-5-2-6-11(15)16(19)18-10-14(17(20)21)24-13-8-4-3-7-12(13)18/h2-9,14H,10H2,1H3,(H,20,21)/t14-/m1/s1. The molecule has 0 saturated carbocycles. The van der Waals surface area contributed by atoms with E-state index in [1.54, 1.807) is 30.3 Å². The smallest absolute Gasteiger partial charge is 0.346 e. The topological polar surface area (TPSA) is 101 Å². The SMILES string of the molecule is CS(=O)(=O)c1ccccc1C(=O)N1C[C@H](C(=O)O)Oc2ccccc21. The molecule has 0 radical (unpaired) electrons. The predicted molar refractivity (Wildman–Crippen MR) is 89.7 cm³/mol. The molecule has 1 amide bonds. The van der Waals surface area contributed by atoms with Crippen LogP contribution in [0.5, 0.6) is 5.75 Å². The molecular formula is C17H15NO6S. The molecule has 0 saturated heterocycles. The fraction of sp³-hybridized carbons (Fsp3) is 0.176. The van der Waals surface area contributed by atoms with Crippen molar-refractivity contribution in [2.45, 2.75) is 11.0 Å². The number of amides is 1. The van der Waals surface area contributed by atoms with E-state index in [2.05, 4.69) is 0 Å². The van der Waals surface area contributed by atoms with E-state index in [9.17, 15) is 23.1 Å². The molecule has 2 aromatic carbocycles. The number of nitrogens with zero attached hydrogens (tertiary/aromatic N) is 1. The van der Waals surface area contributed by atoms with Crippen LogP contribution in [0.3, 0.4) is 0 Å². The van der Waals surface area contributed by atoms with E-state index < -0.39 is 27.8 Å². The van der Waals surface area contributed by atoms with Gasteiger partial charge >= 0.3 is 5.97 Å². The Kier molecular flexibility index (Phi) is 4.22. The van der Waals surface area contributed by atoms with E-state index >= 15 is 0 Å². The minimum absolute atomic E-state index is 0.00848. The van der Waals surface area contributed by atoms with Gasteiger partial charge in [0.2, 0.25) is 6.10 Å². The van der Waals surface area contributed by atoms with Crippen molar-refractivity contribution < 1.29 is 27.9 Å². The van der Waals surface area contributed by atoms with Crippen molar-refractivity contribution in [2.24, 2.45) is 0 Å². The second kappa shape index (κ2) is 6.21. The van der Waals surface area contributed by atoms with Crippen molar-refractivity contribution in [3.63, 3.8) is 0 Å². The van der Waals surface area contributed by atoms with Gasteiger partial charge in [-0.25, -0.2) is 13.2 Å². The molecule has 8 heteroatoms. The van der Waals surface area contributed by atoms with Gasteiger partial charge in [-0.05, 0) is 24.3 Å². The van der Waals surface area contributed by atoms with Crippen LogP contribution in [0.15, 0.2) is 53.4 Å². The van der Waals surface area contributed by atoms with Crippen molar-refractivity contribution in [2.75, 3.05) is 17.7 Å². The second-order valence-electron chi connectivity index (χ2n) is 5.60. The zero-order valence-electron chi connectivity index (χ0n) is 13.2. The number of hydrogen-bond acceptors (Lipinski definition) is 5. The number of carbonyl (C=O) groups is 2. The van der Waals surface area contributed by atoms with Gasteiger partial charge < -0.3 is 14.7 Å². The molecule has 25 heavy (non-hydrogen) atoms. The number of benzene rings is 2. The van der Waals surface area contributed by atoms with Crippen LogP contribution in [-0.2, 0) is 14.6 Å². The number of fused-ring (bicyclic) bond motifs is 1. The van der Waals surface area contributed by atoms with Crippen molar-refractivity contribution in [3.05, 3.63) is 54.1 Å². The first-order valence-corrected chi connectivity index (χ1v) is 9.27. The number of rotatable bonds is 3. The molecule has 1 heterocycles. The van der Waals surface area contributed by atoms with Crippen LogP contribution in [0, 0.1) is 0 Å². The summed E-state index contributed by atoms with van der Waals surface area (Å²) in [7, 11) is -3.62. The lowest BCUT2D eigenvalue weighted by atomic mass is 10.1. The molecule has 0 spiro atoms. The number of anilines is 1. The van der Waals surface area contributed by atoms with Gasteiger partial charge in [0.05, 0.1) is 22.7 Å². The van der Waals surface area contributed by atoms with Crippen molar-refractivity contribution in [3.8, 4) is 5.75 Å². The van der Waals surface area contributed by atoms with Gasteiger partial charge in [-0.3, -0.25) is 4.79 Å². The normalized spacial score (nSPS) is 16.7. The summed E-state index contributed by atoms with van der Waals surface area (Å²) in [5.41, 5.74) is 0.388. The third-order valence-electron chi connectivity index (χ3n) is 3.81. The molecule has 0 unspecified atom stereocenters. The van der Waals surface area contributed by atoms with Crippen LogP contribution in [0.25, 0.3) is 0 Å². The van der Waals surface area contributed by atoms with Crippen molar-refractivity contribution >= 4 is 27.4 Å². The minimum Gasteiger partial charge on any atom is -0.478 e. The van der Waals surface area contributed by atoms with Crippen LogP contribution in [-0.4, -0.2) is 44.3 Å². The lowest BCUT2D eigenvalue weighted by molar-refractivity contribution is -0.144. The molecule has 2 aromatic rings. The number of carbonyl (C=O) groups excluding carboxylic acids is 1. The molecular weight excluding hydrogens is 346 g/mol. The minimum atomic E-state index is -3.62. The van der Waals surface area contributed by atoms with E-state index in [1.165, 1.54) is 23.1 Å². The summed E-state index contributed by atoms with van der Waals surface area (Å²) in [6, 6.07) is 12.4. The zero-order valence-corrected chi connectivity index (χ0v) is 14.1. The van der Waals surface area contributed by atoms with Crippen molar-refractivity contribution in [1.29, 1.82) is 0 Å². The highest BCUT2D eigenvalue weighted by Gasteiger charge is 2.35. The number of carboxylic acids is 1. The summed E-state index contributed by atoms with van der Waals surface area (Å²) in [5.74, 6) is -1.54. The molecule has 0 bridgehead atoms. The summed E-state index contributed by atoms with van der Waals surface area (Å²) in [5, 5.41) is 9.26. The highest BCUT2D eigenvalue weighted by molar-refractivity contribution is 7.90. The average molecular weight is 361 g/mol. The maximum absolute atomic E-state index is 13.0. The Hall–Kier alpha value is -2.87. The van der Waals surface area contributed by atoms with Crippen LogP contribution in [0.2, 0.25) is 0 Å². The largest absolute Gasteiger partial charge is 0.478 e. The lowest BCUT2D eigenvalue weighted by Gasteiger charge is -2.33. The first kappa shape index (κ1) is 17.0. The number of sulfone groups is 1. The van der Waals surface area contributed by atoms with E-state index in [0.717, 1.165) is 6.26 Å². The van der Waals surface area contributed by atoms with E-state index in [4.69, 9.17) is 4.74 Å². The summed E-state index contributed by atoms with van der Waals surface area (Å²) in [6.07, 6.45) is -0.212. The zero-order chi connectivity index (χ0) is 18.2. The average Bonchev–Trinajstić information content (AvgIpc) is 2.59. The predicted octanol–water partition coefficient (Wildman–Crippen LogP) is 1.58. The maximum Gasteiger partial charge on any atom is 0.346 e. The second-order valence-corrected chi connectivity index (χ2v) is 7.58. The van der Waals surface area contributed by atoms with Gasteiger partial charge in [0.1, 0.15) is 5.75 Å². The Morgan fingerprint density at radius 2 is 1.76 bits per heavy atom. The molecule has 7 nitrogen and oxygen atoms in total. The van der Waals surface area contributed by atoms with Crippen LogP contribution in [0.1, 0.15) is 10.4 Å². The Bertz CT molecular complexity index is 953. The van der Waals surface area contributed by atoms with Gasteiger partial charge in [-0.2, -0.15) is 0 Å². The molecule has 130 valence electrons. The van der Waals surface area contributed by atoms with E-state index in [1.807, 2.05) is 0 Å². The third-order valence-corrected chi connectivity index (χ3v) is 4.97. The quantitative estimate of drug-likeness (QED) is 0.891. The fourth-order valence-corrected chi connectivity index (χ4v) is 3.55. The Labute approximate surface area is 144 Å². The van der Waals surface area contributed by atoms with Crippen LogP contribution in [0.4, 0.5) is 5.69 Å². The highest BCUT2D eigenvalue weighted by atomic mass is 32.2. The lowest BCUT2D eigenvalue weighted by Crippen LogP contribution is -2.47. The first-order chi connectivity index (χ1) is 11.8. The first-order valence-electron chi connectivity index (χ1n) is 7.38. The van der Waals surface area contributed by atoms with E-state index in [0.29, 0.717) is 5.69 Å². The van der Waals surface area contributed by atoms with Gasteiger partial charge in [0.15, 0.2) is 9.84 Å². The van der Waals surface area contributed by atoms with Gasteiger partial charge in [-0.1, -0.05) is 24.3 Å². The number of ether oxygens (including phenoxy) is 1. The summed E-state index contributed by atoms with van der Waals surface area (Å²) in [6.45, 7) is -0.219. The van der Waals surface area contributed by atoms with Gasteiger partial charge in [-0.15, -0.1) is 0 Å². The molecule has 0 aliphatic carbocycles. The van der Waals surface area contributed by atoms with Crippen molar-refractivity contribution in [1.82, 2.24) is 0 Å². The number of aliphatic carboxylic acids is 1. The Balaban J connectivity index is 2.10. The summed E-state index contributed by atoms with van der Waals surface area (Å²) >= 11 is 0. The molecule has 1 aliphatic rings. The third kappa shape index (κ3) is 3.20. The molecule has 0 aromatic heterocycles. The monoisotopic (exact) mass is 361 g/mol. The summed E-state index contributed by atoms with van der Waals surface area (Å²) in [4.78, 5) is 25.5. The Morgan fingerprint density at radius 1 is 1.12 bits per heavy atom. The number of carboxylic acid groups (broad SMARTS) is 1. The number of para-hydroxylation sites is 2. The fourth-order valence-electron chi connectivity index (χ4n) is 2.67. The molecule has 1 atom stereocenters. The van der Waals surface area contributed by atoms with Crippen LogP contribution < -0.4 is 9.64 Å². The highest BCUT2D eigenvalue weighted by Crippen LogP contribution is 2.34. The van der Waals surface area contributed by atoms with Gasteiger partial charge in [0, 0.05) is 6.26 Å². The molecule has 3 rings (SSSR count). The van der Waals surface area contributed by atoms with Crippen LogP contribution >= 0.6 is 0 Å². The number of hydrogen-bond donors (Lipinski definition) is 1. The summed E-state index contributed by atoms with van der Waals surface area (Å²) < 4.78 is 29.3. The molecule has 1 aliphatic heterocycles. The Morgan fingerprint density at radius 3 is 2.44 bits per heavy atom.